The molecule has 26 nitrogen and oxygen atoms in total. The number of aliphatic hydroxyl groups is 1. The number of hydrogen-bond donors (Lipinski definition) is 15. The minimum absolute atomic E-state index is 0.000488. The smallest absolute Gasteiger partial charge is 0.271 e. The van der Waals surface area contributed by atoms with Crippen LogP contribution in [0.4, 0.5) is 5.82 Å². The highest BCUT2D eigenvalue weighted by molar-refractivity contribution is 7.17. The fraction of sp³-hybridized carbons (Fsp3) is 0.491. The van der Waals surface area contributed by atoms with Crippen LogP contribution >= 0.6 is 45.6 Å². The number of nitrogens with one attached hydrogen (secondary N) is 8. The number of nitrogens with two attached hydrogens (primary N) is 5. The number of aliphatic hydroxyl groups excluding tert-OH is 1. The molecular formula is C53H76ClN17O9S3. The summed E-state index contributed by atoms with van der Waals surface area (Å²) in [5.74, 6) is -6.19. The highest BCUT2D eigenvalue weighted by Crippen LogP contribution is 2.34. The van der Waals surface area contributed by atoms with Gasteiger partial charge in [0, 0.05) is 61.1 Å². The lowest BCUT2D eigenvalue weighted by molar-refractivity contribution is -0.134. The zero-order chi connectivity index (χ0) is 60.6. The van der Waals surface area contributed by atoms with Crippen molar-refractivity contribution in [3.05, 3.63) is 89.7 Å². The van der Waals surface area contributed by atoms with E-state index in [-0.39, 0.29) is 79.0 Å². The zero-order valence-corrected chi connectivity index (χ0v) is 49.7. The van der Waals surface area contributed by atoms with Gasteiger partial charge in [0.05, 0.1) is 35.2 Å². The Morgan fingerprint density at radius 3 is 2.11 bits per heavy atom. The number of anilines is 1. The number of phenolic OH excluding ortho intramolecular Hbond substituents is 1. The summed E-state index contributed by atoms with van der Waals surface area (Å²) in [4.78, 5) is 111. The van der Waals surface area contributed by atoms with Crippen molar-refractivity contribution >= 4 is 92.8 Å². The van der Waals surface area contributed by atoms with Crippen LogP contribution < -0.4 is 71.2 Å². The van der Waals surface area contributed by atoms with Gasteiger partial charge in [0.1, 0.15) is 55.9 Å². The monoisotopic (exact) mass is 1230 g/mol. The van der Waals surface area contributed by atoms with Crippen LogP contribution in [0.25, 0.3) is 10.7 Å². The van der Waals surface area contributed by atoms with E-state index >= 15 is 0 Å². The Kier molecular flexibility index (Phi) is 27.5. The number of nitrogen functional groups attached to an aromatic ring is 1. The molecule has 0 spiro atoms. The number of halogens is 1. The van der Waals surface area contributed by atoms with Crippen LogP contribution in [0.5, 0.6) is 5.75 Å². The molecule has 452 valence electrons. The molecule has 0 aliphatic heterocycles. The van der Waals surface area contributed by atoms with Crippen LogP contribution in [0.1, 0.15) is 99.8 Å². The van der Waals surface area contributed by atoms with Gasteiger partial charge in [0.15, 0.2) is 0 Å². The van der Waals surface area contributed by atoms with E-state index in [2.05, 4.69) is 62.5 Å². The molecule has 0 aliphatic rings. The predicted octanol–water partition coefficient (Wildman–Crippen LogP) is 0.0437. The molecule has 4 heterocycles. The van der Waals surface area contributed by atoms with E-state index < -0.39 is 77.7 Å². The second-order valence-electron chi connectivity index (χ2n) is 19.7. The van der Waals surface area contributed by atoms with E-state index in [9.17, 15) is 43.8 Å². The van der Waals surface area contributed by atoms with E-state index in [1.807, 2.05) is 0 Å². The summed E-state index contributed by atoms with van der Waals surface area (Å²) in [5.41, 5.74) is 29.4. The molecule has 0 bridgehead atoms. The molecule has 5 aromatic rings. The van der Waals surface area contributed by atoms with Crippen LogP contribution in [-0.4, -0.2) is 154 Å². The molecule has 5 rings (SSSR count). The molecule has 0 fully saturated rings. The topological polar surface area (TPSA) is 438 Å². The quantitative estimate of drug-likeness (QED) is 0.0234. The number of hydrogen-bond acceptors (Lipinski definition) is 22. The van der Waals surface area contributed by atoms with Crippen molar-refractivity contribution in [2.75, 3.05) is 58.1 Å². The molecule has 30 heteroatoms. The second kappa shape index (κ2) is 34.1. The van der Waals surface area contributed by atoms with E-state index in [1.165, 1.54) is 66.9 Å². The number of rotatable bonds is 37. The van der Waals surface area contributed by atoms with Crippen LogP contribution in [0.3, 0.4) is 0 Å². The number of thiophene rings is 1. The van der Waals surface area contributed by atoms with Gasteiger partial charge < -0.3 is 81.4 Å². The van der Waals surface area contributed by atoms with E-state index in [0.717, 1.165) is 51.9 Å². The molecule has 0 unspecified atom stereocenters. The van der Waals surface area contributed by atoms with Crippen LogP contribution in [0.2, 0.25) is 4.34 Å². The molecule has 0 saturated heterocycles. The van der Waals surface area contributed by atoms with Crippen molar-refractivity contribution in [1.82, 2.24) is 62.5 Å². The third-order valence-corrected chi connectivity index (χ3v) is 16.1. The van der Waals surface area contributed by atoms with Gasteiger partial charge in [-0.2, -0.15) is 0 Å². The summed E-state index contributed by atoms with van der Waals surface area (Å²) in [6, 6.07) is 3.92. The molecule has 83 heavy (non-hydrogen) atoms. The Hall–Kier alpha value is -6.80. The summed E-state index contributed by atoms with van der Waals surface area (Å²) in [6.07, 6.45) is 2.22. The van der Waals surface area contributed by atoms with Gasteiger partial charge >= 0.3 is 0 Å². The lowest BCUT2D eigenvalue weighted by atomic mass is 9.96. The average molecular weight is 1230 g/mol. The van der Waals surface area contributed by atoms with Gasteiger partial charge in [-0.25, -0.2) is 19.9 Å². The first-order chi connectivity index (χ1) is 39.6. The molecule has 0 aliphatic carbocycles. The Morgan fingerprint density at radius 1 is 0.759 bits per heavy atom. The lowest BCUT2D eigenvalue weighted by Gasteiger charge is -2.28. The summed E-state index contributed by atoms with van der Waals surface area (Å²) in [5, 5.41) is 49.5. The van der Waals surface area contributed by atoms with E-state index in [0.29, 0.717) is 43.6 Å². The van der Waals surface area contributed by atoms with Crippen molar-refractivity contribution in [3.8, 4) is 16.5 Å². The Balaban J connectivity index is 1.18. The first kappa shape index (κ1) is 67.0. The standard InChI is InChI=1S/C53H76ClN17O9S3/c1-28-41(70-47(71-45(28)58)35(25-39(57)73)64-26-34(56)46(59)75)52(80)67-37(24-33-9-6-22-81-33)51(79)65-30(3)43(74)29(2)48(76)66-36(23-31-10-12-32(72)13-11-31)49(77)63-21-14-40-69-42(44(54)83-40)53-68-38(27-82-53)50(78)62-20-8-19-61-17-5-4-16-60-18-7-15-55/h6,9-13,22,27,29-30,34-37,43,60-61,64,72,74H,4-5,7-8,14-21,23-26,55-56H2,1-3H3,(H2,57,73)(H2,59,75)(H,62,78)(H,63,77)(H,65,79)(H,66,76)(H,67,80)(H2,58,70,71)/t29-,30+,34-,35-,36-,37-,43-/m0/s1. The SMILES string of the molecule is Cc1c(N)nc([C@H](CC(N)=O)NC[C@H](N)C(N)=O)nc1C(=O)N[C@@H](Cc1cccs1)C(=O)N[C@H](C)[C@@H](O)[C@H](C)C(=O)N[C@@H](Cc1ccc(O)cc1)C(=O)NCCc1nc(-c2nc(C(=O)NCCCNCCCCNCCCN)cs2)c(Cl)s1. The molecule has 0 saturated carbocycles. The highest BCUT2D eigenvalue weighted by Gasteiger charge is 2.34. The number of thiazole rings is 2. The largest absolute Gasteiger partial charge is 0.508 e. The van der Waals surface area contributed by atoms with Crippen LogP contribution in [0, 0.1) is 12.8 Å². The number of aromatic nitrogens is 4. The summed E-state index contributed by atoms with van der Waals surface area (Å²) < 4.78 is 0.356. The molecule has 1 aromatic carbocycles. The third-order valence-electron chi connectivity index (χ3n) is 13.0. The molecule has 4 aromatic heterocycles. The fourth-order valence-electron chi connectivity index (χ4n) is 8.17. The van der Waals surface area contributed by atoms with Crippen molar-refractivity contribution in [2.24, 2.45) is 28.9 Å². The van der Waals surface area contributed by atoms with Crippen molar-refractivity contribution < 1.29 is 43.8 Å². The molecular weight excluding hydrogens is 1150 g/mol. The van der Waals surface area contributed by atoms with Gasteiger partial charge in [-0.3, -0.25) is 33.6 Å². The van der Waals surface area contributed by atoms with E-state index in [1.54, 1.807) is 35.0 Å². The van der Waals surface area contributed by atoms with Crippen molar-refractivity contribution in [3.63, 3.8) is 0 Å². The number of aromatic hydroxyl groups is 1. The minimum Gasteiger partial charge on any atom is -0.508 e. The van der Waals surface area contributed by atoms with E-state index in [4.69, 9.17) is 40.3 Å². The molecule has 20 N–H and O–H groups in total. The molecule has 7 atom stereocenters. The van der Waals surface area contributed by atoms with Gasteiger partial charge in [-0.15, -0.1) is 34.0 Å². The maximum absolute atomic E-state index is 14.1. The number of carbonyl (C=O) groups excluding carboxylic acids is 7. The van der Waals surface area contributed by atoms with Crippen molar-refractivity contribution in [1.29, 1.82) is 0 Å². The number of amides is 7. The third kappa shape index (κ3) is 21.7. The second-order valence-corrected chi connectivity index (χ2v) is 23.2. The number of carbonyl (C=O) groups is 7. The lowest BCUT2D eigenvalue weighted by Crippen LogP contribution is -2.56. The zero-order valence-electron chi connectivity index (χ0n) is 46.5. The van der Waals surface area contributed by atoms with Gasteiger partial charge in [-0.05, 0) is 101 Å². The normalized spacial score (nSPS) is 13.9. The van der Waals surface area contributed by atoms with Crippen LogP contribution in [-0.2, 0) is 43.2 Å². The minimum atomic E-state index is -1.52. The van der Waals surface area contributed by atoms with Gasteiger partial charge in [-0.1, -0.05) is 36.7 Å². The maximum Gasteiger partial charge on any atom is 0.271 e. The number of primary amides is 2. The first-order valence-electron chi connectivity index (χ1n) is 27.0. The predicted molar refractivity (Wildman–Crippen MR) is 319 cm³/mol. The first-order valence-corrected chi connectivity index (χ1v) is 30.0. The Morgan fingerprint density at radius 2 is 1.45 bits per heavy atom. The number of unbranched alkanes of at least 4 members (excludes halogenated alkanes) is 1. The number of nitrogens with zero attached hydrogens (tertiary/aromatic N) is 4. The maximum atomic E-state index is 14.1. The van der Waals surface area contributed by atoms with Crippen LogP contribution in [0.15, 0.2) is 47.2 Å². The molecule has 7 amide bonds. The molecule has 0 radical (unpaired) electrons. The highest BCUT2D eigenvalue weighted by atomic mass is 35.5. The summed E-state index contributed by atoms with van der Waals surface area (Å²) in [7, 11) is 0. The fourth-order valence-corrected chi connectivity index (χ4v) is 11.0. The number of phenols is 1. The summed E-state index contributed by atoms with van der Waals surface area (Å²) in [6.45, 7) is 9.01. The Labute approximate surface area is 498 Å². The van der Waals surface area contributed by atoms with Crippen molar-refractivity contribution in [2.45, 2.75) is 108 Å². The number of benzene rings is 1. The van der Waals surface area contributed by atoms with Gasteiger partial charge in [0.2, 0.25) is 29.5 Å². The average Bonchev–Trinajstić information content (AvgIpc) is 4.48. The Bertz CT molecular complexity index is 2930. The summed E-state index contributed by atoms with van der Waals surface area (Å²) >= 11 is 10.4. The van der Waals surface area contributed by atoms with Gasteiger partial charge in [0.25, 0.3) is 11.8 Å².